The zero-order chi connectivity index (χ0) is 19.9. The van der Waals surface area contributed by atoms with Gasteiger partial charge in [-0.05, 0) is 30.3 Å². The van der Waals surface area contributed by atoms with Crippen molar-refractivity contribution < 1.29 is 13.2 Å². The number of carbonyl (C=O) groups is 1. The lowest BCUT2D eigenvalue weighted by atomic mass is 10.2. The van der Waals surface area contributed by atoms with Crippen LogP contribution in [-0.2, 0) is 21.2 Å². The standard InChI is InChI=1S/C17H13N5O4S2/c1-28(25,26)10-6-7-13-14(8-10)27-17(18-13)19-15(23)9-22-16(24)11-4-2-3-5-12(11)20-21-22/h2-8H,9H2,1H3,(H,18,19,23). The van der Waals surface area contributed by atoms with Gasteiger partial charge in [-0.3, -0.25) is 9.59 Å². The van der Waals surface area contributed by atoms with Crippen molar-refractivity contribution in [1.29, 1.82) is 0 Å². The molecule has 0 saturated carbocycles. The van der Waals surface area contributed by atoms with Crippen molar-refractivity contribution in [3.63, 3.8) is 0 Å². The molecule has 2 heterocycles. The van der Waals surface area contributed by atoms with E-state index in [0.29, 0.717) is 26.3 Å². The summed E-state index contributed by atoms with van der Waals surface area (Å²) in [5, 5.41) is 11.0. The van der Waals surface area contributed by atoms with E-state index in [1.807, 2.05) is 0 Å². The van der Waals surface area contributed by atoms with Gasteiger partial charge in [0.25, 0.3) is 5.56 Å². The second-order valence-corrected chi connectivity index (χ2v) is 9.08. The predicted octanol–water partition coefficient (Wildman–Crippen LogP) is 1.44. The Morgan fingerprint density at radius 2 is 1.96 bits per heavy atom. The summed E-state index contributed by atoms with van der Waals surface area (Å²) < 4.78 is 24.9. The van der Waals surface area contributed by atoms with Crippen molar-refractivity contribution in [2.24, 2.45) is 0 Å². The number of anilines is 1. The number of fused-ring (bicyclic) bond motifs is 2. The van der Waals surface area contributed by atoms with Crippen LogP contribution in [0.4, 0.5) is 5.13 Å². The molecule has 0 aliphatic rings. The molecule has 0 fully saturated rings. The molecule has 28 heavy (non-hydrogen) atoms. The number of aromatic nitrogens is 4. The molecule has 9 nitrogen and oxygen atoms in total. The fourth-order valence-electron chi connectivity index (χ4n) is 2.61. The van der Waals surface area contributed by atoms with Crippen LogP contribution in [-0.4, -0.2) is 40.6 Å². The number of amides is 1. The molecular formula is C17H13N5O4S2. The van der Waals surface area contributed by atoms with Gasteiger partial charge in [-0.15, -0.1) is 5.10 Å². The highest BCUT2D eigenvalue weighted by atomic mass is 32.2. The van der Waals surface area contributed by atoms with Crippen molar-refractivity contribution in [3.8, 4) is 0 Å². The molecular weight excluding hydrogens is 402 g/mol. The van der Waals surface area contributed by atoms with Gasteiger partial charge in [0, 0.05) is 6.26 Å². The normalized spacial score (nSPS) is 11.8. The Kier molecular flexibility index (Phi) is 4.40. The number of benzene rings is 2. The highest BCUT2D eigenvalue weighted by molar-refractivity contribution is 7.90. The molecule has 1 N–H and O–H groups in total. The highest BCUT2D eigenvalue weighted by Gasteiger charge is 2.14. The van der Waals surface area contributed by atoms with Crippen molar-refractivity contribution in [2.75, 3.05) is 11.6 Å². The molecule has 11 heteroatoms. The Morgan fingerprint density at radius 1 is 1.18 bits per heavy atom. The molecule has 0 saturated heterocycles. The van der Waals surface area contributed by atoms with Gasteiger partial charge in [-0.1, -0.05) is 28.7 Å². The van der Waals surface area contributed by atoms with Gasteiger partial charge in [0.05, 0.1) is 20.5 Å². The Morgan fingerprint density at radius 3 is 2.75 bits per heavy atom. The zero-order valence-electron chi connectivity index (χ0n) is 14.5. The van der Waals surface area contributed by atoms with E-state index in [2.05, 4.69) is 20.6 Å². The van der Waals surface area contributed by atoms with E-state index in [9.17, 15) is 18.0 Å². The van der Waals surface area contributed by atoms with Crippen molar-refractivity contribution in [3.05, 3.63) is 52.8 Å². The average molecular weight is 415 g/mol. The lowest BCUT2D eigenvalue weighted by Crippen LogP contribution is -2.30. The van der Waals surface area contributed by atoms with Crippen molar-refractivity contribution >= 4 is 53.3 Å². The van der Waals surface area contributed by atoms with Crippen LogP contribution in [0.5, 0.6) is 0 Å². The number of nitrogens with zero attached hydrogens (tertiary/aromatic N) is 4. The van der Waals surface area contributed by atoms with Gasteiger partial charge in [0.15, 0.2) is 15.0 Å². The fraction of sp³-hybridized carbons (Fsp3) is 0.118. The maximum absolute atomic E-state index is 12.4. The monoisotopic (exact) mass is 415 g/mol. The third kappa shape index (κ3) is 3.49. The molecule has 0 aliphatic carbocycles. The number of thiazole rings is 1. The number of nitrogens with one attached hydrogen (secondary N) is 1. The third-order valence-electron chi connectivity index (χ3n) is 3.96. The van der Waals surface area contributed by atoms with Crippen molar-refractivity contribution in [1.82, 2.24) is 20.0 Å². The average Bonchev–Trinajstić information content (AvgIpc) is 3.04. The molecule has 2 aromatic heterocycles. The maximum Gasteiger partial charge on any atom is 0.278 e. The molecule has 142 valence electrons. The highest BCUT2D eigenvalue weighted by Crippen LogP contribution is 2.28. The Labute approximate surface area is 162 Å². The second kappa shape index (κ2) is 6.77. The summed E-state index contributed by atoms with van der Waals surface area (Å²) in [5.74, 6) is -0.492. The van der Waals surface area contributed by atoms with E-state index in [1.54, 1.807) is 30.3 Å². The number of hydrogen-bond donors (Lipinski definition) is 1. The molecule has 1 amide bonds. The van der Waals surface area contributed by atoms with Gasteiger partial charge in [-0.2, -0.15) is 0 Å². The summed E-state index contributed by atoms with van der Waals surface area (Å²) in [5.41, 5.74) is 0.607. The summed E-state index contributed by atoms with van der Waals surface area (Å²) >= 11 is 1.14. The Hall–Kier alpha value is -3.18. The first-order chi connectivity index (χ1) is 13.3. The maximum atomic E-state index is 12.4. The van der Waals surface area contributed by atoms with Crippen LogP contribution in [0, 0.1) is 0 Å². The van der Waals surface area contributed by atoms with E-state index in [4.69, 9.17) is 0 Å². The first kappa shape index (κ1) is 18.2. The largest absolute Gasteiger partial charge is 0.300 e. The second-order valence-electron chi connectivity index (χ2n) is 6.04. The van der Waals surface area contributed by atoms with Crippen LogP contribution in [0.1, 0.15) is 0 Å². The number of carbonyl (C=O) groups excluding carboxylic acids is 1. The molecule has 4 rings (SSSR count). The van der Waals surface area contributed by atoms with Crippen molar-refractivity contribution in [2.45, 2.75) is 11.4 Å². The molecule has 0 atom stereocenters. The van der Waals surface area contributed by atoms with Crippen LogP contribution < -0.4 is 10.9 Å². The summed E-state index contributed by atoms with van der Waals surface area (Å²) in [6.45, 7) is -0.318. The van der Waals surface area contributed by atoms with E-state index in [-0.39, 0.29) is 11.4 Å². The van der Waals surface area contributed by atoms with E-state index >= 15 is 0 Å². The number of rotatable bonds is 4. The van der Waals surface area contributed by atoms with Gasteiger partial charge < -0.3 is 5.32 Å². The number of sulfone groups is 1. The van der Waals surface area contributed by atoms with Gasteiger partial charge in [0.2, 0.25) is 5.91 Å². The van der Waals surface area contributed by atoms with Gasteiger partial charge in [0.1, 0.15) is 12.1 Å². The molecule has 0 aliphatic heterocycles. The minimum atomic E-state index is -3.33. The molecule has 0 radical (unpaired) electrons. The fourth-order valence-corrected chi connectivity index (χ4v) is 4.25. The number of hydrogen-bond acceptors (Lipinski definition) is 8. The van der Waals surface area contributed by atoms with E-state index in [1.165, 1.54) is 12.1 Å². The first-order valence-corrected chi connectivity index (χ1v) is 10.7. The van der Waals surface area contributed by atoms with Gasteiger partial charge >= 0.3 is 0 Å². The van der Waals surface area contributed by atoms with Crippen LogP contribution in [0.2, 0.25) is 0 Å². The molecule has 0 bridgehead atoms. The molecule has 4 aromatic rings. The summed E-state index contributed by atoms with van der Waals surface area (Å²) in [6, 6.07) is 11.3. The quantitative estimate of drug-likeness (QED) is 0.535. The molecule has 0 unspecified atom stereocenters. The summed E-state index contributed by atoms with van der Waals surface area (Å²) in [6.07, 6.45) is 1.13. The predicted molar refractivity (Wildman–Crippen MR) is 105 cm³/mol. The SMILES string of the molecule is CS(=O)(=O)c1ccc2nc(NC(=O)Cn3nnc4ccccc4c3=O)sc2c1. The van der Waals surface area contributed by atoms with E-state index < -0.39 is 21.3 Å². The lowest BCUT2D eigenvalue weighted by molar-refractivity contribution is -0.117. The van der Waals surface area contributed by atoms with Crippen LogP contribution in [0.15, 0.2) is 52.2 Å². The zero-order valence-corrected chi connectivity index (χ0v) is 16.1. The van der Waals surface area contributed by atoms with Gasteiger partial charge in [-0.25, -0.2) is 18.1 Å². The minimum Gasteiger partial charge on any atom is -0.300 e. The van der Waals surface area contributed by atoms with Crippen LogP contribution in [0.25, 0.3) is 21.1 Å². The molecule has 2 aromatic carbocycles. The summed E-state index contributed by atoms with van der Waals surface area (Å²) in [4.78, 5) is 29.1. The topological polar surface area (TPSA) is 124 Å². The van der Waals surface area contributed by atoms with Crippen LogP contribution in [0.3, 0.4) is 0 Å². The first-order valence-electron chi connectivity index (χ1n) is 8.04. The molecule has 0 spiro atoms. The van der Waals surface area contributed by atoms with Crippen LogP contribution >= 0.6 is 11.3 Å². The summed E-state index contributed by atoms with van der Waals surface area (Å²) in [7, 11) is -3.33. The Bertz CT molecular complexity index is 1390. The third-order valence-corrected chi connectivity index (χ3v) is 6.00. The smallest absolute Gasteiger partial charge is 0.278 e. The minimum absolute atomic E-state index is 0.180. The van der Waals surface area contributed by atoms with E-state index in [0.717, 1.165) is 22.3 Å². The Balaban J connectivity index is 1.57. The lowest BCUT2D eigenvalue weighted by Gasteiger charge is -2.04.